The Balaban J connectivity index is 2.01. The van der Waals surface area contributed by atoms with E-state index in [2.05, 4.69) is 43.1 Å². The van der Waals surface area contributed by atoms with Crippen LogP contribution in [0.4, 0.5) is 0 Å². The quantitative estimate of drug-likeness (QED) is 0.822. The Hall–Kier alpha value is -1.33. The average Bonchev–Trinajstić information content (AvgIpc) is 2.78. The summed E-state index contributed by atoms with van der Waals surface area (Å²) in [6.45, 7) is 6.09. The third kappa shape index (κ3) is 3.61. The standard InChI is InChI=1S/C15H17NO2S2/c1-9(2)12-6-4-11(5-7-12)8-19-15-16-10(3)13(20-15)14(17)18/h4-7,9H,8H2,1-3H3,(H,17,18). The highest BCUT2D eigenvalue weighted by Crippen LogP contribution is 2.30. The van der Waals surface area contributed by atoms with Gasteiger partial charge in [-0.3, -0.25) is 0 Å². The van der Waals surface area contributed by atoms with Crippen molar-refractivity contribution in [1.29, 1.82) is 0 Å². The first kappa shape index (κ1) is 15.1. The molecule has 1 N–H and O–H groups in total. The van der Waals surface area contributed by atoms with Crippen LogP contribution in [0, 0.1) is 6.92 Å². The summed E-state index contributed by atoms with van der Waals surface area (Å²) in [5.74, 6) is 0.453. The number of rotatable bonds is 5. The smallest absolute Gasteiger partial charge is 0.347 e. The van der Waals surface area contributed by atoms with Gasteiger partial charge in [0, 0.05) is 5.75 Å². The van der Waals surface area contributed by atoms with Crippen molar-refractivity contribution in [3.05, 3.63) is 46.0 Å². The van der Waals surface area contributed by atoms with Crippen LogP contribution in [0.5, 0.6) is 0 Å². The summed E-state index contributed by atoms with van der Waals surface area (Å²) in [7, 11) is 0. The number of aromatic nitrogens is 1. The second-order valence-electron chi connectivity index (χ2n) is 4.88. The van der Waals surface area contributed by atoms with Crippen LogP contribution < -0.4 is 0 Å². The summed E-state index contributed by atoms with van der Waals surface area (Å²) in [6.07, 6.45) is 0. The number of thioether (sulfide) groups is 1. The summed E-state index contributed by atoms with van der Waals surface area (Å²) in [5, 5.41) is 9.01. The Labute approximate surface area is 127 Å². The summed E-state index contributed by atoms with van der Waals surface area (Å²) < 4.78 is 0.813. The molecule has 1 aromatic carbocycles. The van der Waals surface area contributed by atoms with Crippen LogP contribution in [0.2, 0.25) is 0 Å². The van der Waals surface area contributed by atoms with E-state index in [1.54, 1.807) is 18.7 Å². The fourth-order valence-corrected chi connectivity index (χ4v) is 3.76. The topological polar surface area (TPSA) is 50.2 Å². The molecular formula is C15H17NO2S2. The number of aromatic carboxylic acids is 1. The first-order chi connectivity index (χ1) is 9.47. The molecule has 5 heteroatoms. The number of hydrogen-bond acceptors (Lipinski definition) is 4. The Morgan fingerprint density at radius 2 is 2.00 bits per heavy atom. The van der Waals surface area contributed by atoms with Gasteiger partial charge in [-0.1, -0.05) is 49.9 Å². The number of thiazole rings is 1. The van der Waals surface area contributed by atoms with Crippen LogP contribution in [0.15, 0.2) is 28.6 Å². The van der Waals surface area contributed by atoms with E-state index in [-0.39, 0.29) is 0 Å². The van der Waals surface area contributed by atoms with Gasteiger partial charge in [-0.15, -0.1) is 11.3 Å². The van der Waals surface area contributed by atoms with Gasteiger partial charge in [-0.05, 0) is 24.0 Å². The van der Waals surface area contributed by atoms with E-state index < -0.39 is 5.97 Å². The van der Waals surface area contributed by atoms with Crippen molar-refractivity contribution >= 4 is 29.1 Å². The molecule has 0 spiro atoms. The average molecular weight is 307 g/mol. The Morgan fingerprint density at radius 1 is 1.35 bits per heavy atom. The predicted octanol–water partition coefficient (Wildman–Crippen LogP) is 4.57. The summed E-state index contributed by atoms with van der Waals surface area (Å²) in [6, 6.07) is 8.55. The molecule has 106 valence electrons. The van der Waals surface area contributed by atoms with Crippen molar-refractivity contribution in [1.82, 2.24) is 4.98 Å². The van der Waals surface area contributed by atoms with Crippen LogP contribution in [-0.2, 0) is 5.75 Å². The first-order valence-electron chi connectivity index (χ1n) is 6.39. The number of benzene rings is 1. The van der Waals surface area contributed by atoms with E-state index in [1.807, 2.05) is 0 Å². The molecule has 0 aliphatic heterocycles. The van der Waals surface area contributed by atoms with E-state index in [1.165, 1.54) is 22.5 Å². The minimum absolute atomic E-state index is 0.336. The van der Waals surface area contributed by atoms with Gasteiger partial charge in [0.25, 0.3) is 0 Å². The fraction of sp³-hybridized carbons (Fsp3) is 0.333. The highest BCUT2D eigenvalue weighted by molar-refractivity contribution is 8.00. The molecule has 0 aliphatic carbocycles. The SMILES string of the molecule is Cc1nc(SCc2ccc(C(C)C)cc2)sc1C(=O)O. The molecular weight excluding hydrogens is 290 g/mol. The molecule has 0 bridgehead atoms. The number of carboxylic acid groups (broad SMARTS) is 1. The van der Waals surface area contributed by atoms with Gasteiger partial charge in [0.1, 0.15) is 4.88 Å². The molecule has 0 radical (unpaired) electrons. The lowest BCUT2D eigenvalue weighted by Gasteiger charge is -2.06. The van der Waals surface area contributed by atoms with Gasteiger partial charge in [0.2, 0.25) is 0 Å². The van der Waals surface area contributed by atoms with Crippen LogP contribution in [0.25, 0.3) is 0 Å². The van der Waals surface area contributed by atoms with Gasteiger partial charge in [0.15, 0.2) is 4.34 Å². The number of aryl methyl sites for hydroxylation is 1. The van der Waals surface area contributed by atoms with Crippen LogP contribution in [0.3, 0.4) is 0 Å². The number of carboxylic acids is 1. The molecule has 1 aromatic heterocycles. The molecule has 0 aliphatic rings. The number of hydrogen-bond donors (Lipinski definition) is 1. The third-order valence-corrected chi connectivity index (χ3v) is 5.34. The summed E-state index contributed by atoms with van der Waals surface area (Å²) in [5.41, 5.74) is 3.15. The molecule has 1 heterocycles. The molecule has 3 nitrogen and oxygen atoms in total. The van der Waals surface area contributed by atoms with Gasteiger partial charge < -0.3 is 5.11 Å². The predicted molar refractivity (Wildman–Crippen MR) is 83.9 cm³/mol. The lowest BCUT2D eigenvalue weighted by atomic mass is 10.0. The van der Waals surface area contributed by atoms with Crippen molar-refractivity contribution in [3.63, 3.8) is 0 Å². The maximum atomic E-state index is 11.0. The molecule has 0 fully saturated rings. The number of carbonyl (C=O) groups is 1. The van der Waals surface area contributed by atoms with Crippen molar-refractivity contribution < 1.29 is 9.90 Å². The molecule has 0 saturated heterocycles. The van der Waals surface area contributed by atoms with E-state index in [0.717, 1.165) is 10.1 Å². The minimum Gasteiger partial charge on any atom is -0.477 e. The number of nitrogens with zero attached hydrogens (tertiary/aromatic N) is 1. The Morgan fingerprint density at radius 3 is 2.50 bits per heavy atom. The molecule has 2 aromatic rings. The third-order valence-electron chi connectivity index (χ3n) is 2.98. The zero-order valence-corrected chi connectivity index (χ0v) is 13.3. The Kier molecular flexibility index (Phi) is 4.83. The normalized spacial score (nSPS) is 11.0. The molecule has 0 unspecified atom stereocenters. The van der Waals surface area contributed by atoms with Gasteiger partial charge in [-0.2, -0.15) is 0 Å². The molecule has 0 amide bonds. The molecule has 0 atom stereocenters. The van der Waals surface area contributed by atoms with Crippen LogP contribution in [0.1, 0.15) is 46.3 Å². The monoisotopic (exact) mass is 307 g/mol. The van der Waals surface area contributed by atoms with Crippen LogP contribution in [-0.4, -0.2) is 16.1 Å². The lowest BCUT2D eigenvalue weighted by molar-refractivity contribution is 0.0701. The van der Waals surface area contributed by atoms with Crippen molar-refractivity contribution in [2.45, 2.75) is 36.8 Å². The molecule has 2 rings (SSSR count). The van der Waals surface area contributed by atoms with E-state index in [4.69, 9.17) is 5.11 Å². The first-order valence-corrected chi connectivity index (χ1v) is 8.20. The fourth-order valence-electron chi connectivity index (χ4n) is 1.78. The Bertz CT molecular complexity index is 603. The van der Waals surface area contributed by atoms with Crippen molar-refractivity contribution in [2.75, 3.05) is 0 Å². The second-order valence-corrected chi connectivity index (χ2v) is 7.11. The van der Waals surface area contributed by atoms with E-state index in [0.29, 0.717) is 16.5 Å². The lowest BCUT2D eigenvalue weighted by Crippen LogP contribution is -1.94. The van der Waals surface area contributed by atoms with Crippen molar-refractivity contribution in [3.8, 4) is 0 Å². The molecule has 20 heavy (non-hydrogen) atoms. The largest absolute Gasteiger partial charge is 0.477 e. The van der Waals surface area contributed by atoms with Crippen LogP contribution >= 0.6 is 23.1 Å². The zero-order chi connectivity index (χ0) is 14.7. The highest BCUT2D eigenvalue weighted by atomic mass is 32.2. The van der Waals surface area contributed by atoms with E-state index >= 15 is 0 Å². The summed E-state index contributed by atoms with van der Waals surface area (Å²) >= 11 is 2.83. The van der Waals surface area contributed by atoms with Gasteiger partial charge in [-0.25, -0.2) is 9.78 Å². The highest BCUT2D eigenvalue weighted by Gasteiger charge is 2.14. The van der Waals surface area contributed by atoms with Crippen molar-refractivity contribution in [2.24, 2.45) is 0 Å². The second kappa shape index (κ2) is 6.41. The maximum absolute atomic E-state index is 11.0. The van der Waals surface area contributed by atoms with Gasteiger partial charge >= 0.3 is 5.97 Å². The zero-order valence-electron chi connectivity index (χ0n) is 11.7. The minimum atomic E-state index is -0.895. The van der Waals surface area contributed by atoms with Gasteiger partial charge in [0.05, 0.1) is 5.69 Å². The molecule has 0 saturated carbocycles. The van der Waals surface area contributed by atoms with E-state index in [9.17, 15) is 4.79 Å². The summed E-state index contributed by atoms with van der Waals surface area (Å²) in [4.78, 5) is 15.6. The maximum Gasteiger partial charge on any atom is 0.347 e.